The number of hydrogen-bond acceptors (Lipinski definition) is 2. The average molecular weight is 287 g/mol. The summed E-state index contributed by atoms with van der Waals surface area (Å²) in [6.07, 6.45) is 2.31. The molecule has 0 spiro atoms. The van der Waals surface area contributed by atoms with Gasteiger partial charge in [-0.05, 0) is 36.6 Å². The van der Waals surface area contributed by atoms with E-state index in [2.05, 4.69) is 11.3 Å². The van der Waals surface area contributed by atoms with Gasteiger partial charge in [0.25, 0.3) is 10.0 Å². The molecule has 0 aliphatic rings. The summed E-state index contributed by atoms with van der Waals surface area (Å²) in [4.78, 5) is 0.214. The number of nitrogens with zero attached hydrogens (tertiary/aromatic N) is 1. The molecule has 3 nitrogen and oxygen atoms in total. The Labute approximate surface area is 120 Å². The zero-order valence-corrected chi connectivity index (χ0v) is 12.4. The first kappa shape index (κ1) is 14.5. The van der Waals surface area contributed by atoms with Gasteiger partial charge < -0.3 is 0 Å². The van der Waals surface area contributed by atoms with E-state index in [9.17, 15) is 8.42 Å². The Bertz CT molecular complexity index is 716. The van der Waals surface area contributed by atoms with Gasteiger partial charge in [-0.1, -0.05) is 48.9 Å². The lowest BCUT2D eigenvalue weighted by atomic mass is 10.1. The molecule has 0 aromatic heterocycles. The molecule has 2 aromatic rings. The molecule has 0 radical (unpaired) electrons. The lowest BCUT2D eigenvalue weighted by Gasteiger charge is -2.00. The Hall–Kier alpha value is -1.94. The highest BCUT2D eigenvalue weighted by atomic mass is 32.2. The molecule has 0 amide bonds. The first-order valence-corrected chi connectivity index (χ1v) is 7.91. The first-order chi connectivity index (χ1) is 9.51. The molecule has 2 rings (SSSR count). The van der Waals surface area contributed by atoms with Crippen molar-refractivity contribution in [2.24, 2.45) is 4.40 Å². The second-order valence-corrected chi connectivity index (χ2v) is 6.25. The number of sulfonamides is 1. The van der Waals surface area contributed by atoms with Crippen LogP contribution in [0.25, 0.3) is 0 Å². The Kier molecular flexibility index (Phi) is 4.35. The second-order valence-electron chi connectivity index (χ2n) is 4.62. The molecule has 0 atom stereocenters. The van der Waals surface area contributed by atoms with Crippen LogP contribution >= 0.6 is 0 Å². The predicted octanol–water partition coefficient (Wildman–Crippen LogP) is 3.37. The van der Waals surface area contributed by atoms with Crippen LogP contribution in [0.3, 0.4) is 0 Å². The van der Waals surface area contributed by atoms with E-state index < -0.39 is 10.0 Å². The fourth-order valence-corrected chi connectivity index (χ4v) is 2.66. The Morgan fingerprint density at radius 2 is 1.80 bits per heavy atom. The minimum Gasteiger partial charge on any atom is -0.199 e. The largest absolute Gasteiger partial charge is 0.282 e. The van der Waals surface area contributed by atoms with Crippen LogP contribution in [0.4, 0.5) is 0 Å². The van der Waals surface area contributed by atoms with Gasteiger partial charge in [0.1, 0.15) is 0 Å². The summed E-state index contributed by atoms with van der Waals surface area (Å²) in [5.74, 6) is 0. The van der Waals surface area contributed by atoms with Crippen LogP contribution in [0, 0.1) is 6.92 Å². The Morgan fingerprint density at radius 1 is 1.10 bits per heavy atom. The van der Waals surface area contributed by atoms with Crippen LogP contribution in [-0.4, -0.2) is 14.6 Å². The van der Waals surface area contributed by atoms with Crippen molar-refractivity contribution < 1.29 is 8.42 Å². The van der Waals surface area contributed by atoms with Crippen molar-refractivity contribution in [2.75, 3.05) is 0 Å². The van der Waals surface area contributed by atoms with Crippen molar-refractivity contribution in [3.8, 4) is 0 Å². The summed E-state index contributed by atoms with van der Waals surface area (Å²) in [7, 11) is -3.63. The highest BCUT2D eigenvalue weighted by Crippen LogP contribution is 2.13. The van der Waals surface area contributed by atoms with Crippen LogP contribution < -0.4 is 0 Å². The van der Waals surface area contributed by atoms with Crippen molar-refractivity contribution in [1.29, 1.82) is 0 Å². The molecule has 0 heterocycles. The van der Waals surface area contributed by atoms with E-state index in [0.717, 1.165) is 23.1 Å². The summed E-state index contributed by atoms with van der Waals surface area (Å²) in [6, 6.07) is 14.4. The normalized spacial score (nSPS) is 11.9. The molecule has 0 unspecified atom stereocenters. The maximum absolute atomic E-state index is 12.1. The van der Waals surface area contributed by atoms with E-state index in [4.69, 9.17) is 0 Å². The molecule has 2 aromatic carbocycles. The van der Waals surface area contributed by atoms with Gasteiger partial charge in [0, 0.05) is 6.21 Å². The summed E-state index contributed by atoms with van der Waals surface area (Å²) in [5, 5.41) is 0. The predicted molar refractivity (Wildman–Crippen MR) is 81.8 cm³/mol. The van der Waals surface area contributed by atoms with Crippen LogP contribution in [0.2, 0.25) is 0 Å². The van der Waals surface area contributed by atoms with Crippen molar-refractivity contribution in [1.82, 2.24) is 0 Å². The SMILES string of the molecule is CCc1cccc(C=NS(=O)(=O)c2ccc(C)cc2)c1. The molecule has 0 bridgehead atoms. The summed E-state index contributed by atoms with van der Waals surface area (Å²) in [6.45, 7) is 3.97. The van der Waals surface area contributed by atoms with Gasteiger partial charge in [0.05, 0.1) is 4.90 Å². The molecular formula is C16H17NO2S. The lowest BCUT2D eigenvalue weighted by Crippen LogP contribution is -1.98. The fraction of sp³-hybridized carbons (Fsp3) is 0.188. The van der Waals surface area contributed by atoms with Gasteiger partial charge in [0.2, 0.25) is 0 Å². The van der Waals surface area contributed by atoms with Gasteiger partial charge in [-0.2, -0.15) is 12.8 Å². The quantitative estimate of drug-likeness (QED) is 0.809. The highest BCUT2D eigenvalue weighted by molar-refractivity contribution is 7.90. The number of rotatable bonds is 4. The third kappa shape index (κ3) is 3.54. The third-order valence-corrected chi connectivity index (χ3v) is 4.27. The first-order valence-electron chi connectivity index (χ1n) is 6.47. The standard InChI is InChI=1S/C16H17NO2S/c1-3-14-5-4-6-15(11-14)12-17-20(18,19)16-9-7-13(2)8-10-16/h4-12H,3H2,1-2H3. The summed E-state index contributed by atoms with van der Waals surface area (Å²) >= 11 is 0. The zero-order valence-electron chi connectivity index (χ0n) is 11.6. The highest BCUT2D eigenvalue weighted by Gasteiger charge is 2.10. The van der Waals surface area contributed by atoms with E-state index in [0.29, 0.717) is 0 Å². The van der Waals surface area contributed by atoms with Gasteiger partial charge in [-0.3, -0.25) is 0 Å². The van der Waals surface area contributed by atoms with Crippen LogP contribution in [0.5, 0.6) is 0 Å². The maximum Gasteiger partial charge on any atom is 0.282 e. The van der Waals surface area contributed by atoms with Crippen molar-refractivity contribution >= 4 is 16.2 Å². The molecule has 0 saturated heterocycles. The summed E-state index contributed by atoms with van der Waals surface area (Å²) < 4.78 is 27.9. The van der Waals surface area contributed by atoms with Crippen LogP contribution in [0.1, 0.15) is 23.6 Å². The number of aryl methyl sites for hydroxylation is 2. The molecule has 0 saturated carbocycles. The van der Waals surface area contributed by atoms with E-state index in [-0.39, 0.29) is 4.90 Å². The van der Waals surface area contributed by atoms with Gasteiger partial charge in [-0.25, -0.2) is 0 Å². The van der Waals surface area contributed by atoms with E-state index in [1.54, 1.807) is 24.3 Å². The molecule has 0 fully saturated rings. The van der Waals surface area contributed by atoms with E-state index >= 15 is 0 Å². The number of hydrogen-bond donors (Lipinski definition) is 0. The molecule has 0 aliphatic carbocycles. The molecule has 0 N–H and O–H groups in total. The Morgan fingerprint density at radius 3 is 2.45 bits per heavy atom. The molecule has 0 aliphatic heterocycles. The molecule has 4 heteroatoms. The van der Waals surface area contributed by atoms with Crippen LogP contribution in [0.15, 0.2) is 57.8 Å². The smallest absolute Gasteiger partial charge is 0.199 e. The minimum atomic E-state index is -3.63. The van der Waals surface area contributed by atoms with Crippen molar-refractivity contribution in [3.63, 3.8) is 0 Å². The average Bonchev–Trinajstić information content (AvgIpc) is 2.46. The van der Waals surface area contributed by atoms with Gasteiger partial charge >= 0.3 is 0 Å². The van der Waals surface area contributed by atoms with Gasteiger partial charge in [0.15, 0.2) is 0 Å². The molecule has 20 heavy (non-hydrogen) atoms. The van der Waals surface area contributed by atoms with Crippen molar-refractivity contribution in [2.45, 2.75) is 25.2 Å². The monoisotopic (exact) mass is 287 g/mol. The lowest BCUT2D eigenvalue weighted by molar-refractivity contribution is 0.598. The minimum absolute atomic E-state index is 0.214. The van der Waals surface area contributed by atoms with Crippen molar-refractivity contribution in [3.05, 3.63) is 65.2 Å². The topological polar surface area (TPSA) is 46.5 Å². The second kappa shape index (κ2) is 6.01. The van der Waals surface area contributed by atoms with Gasteiger partial charge in [-0.15, -0.1) is 0 Å². The Balaban J connectivity index is 2.27. The summed E-state index contributed by atoms with van der Waals surface area (Å²) in [5.41, 5.74) is 2.96. The van der Waals surface area contributed by atoms with E-state index in [1.165, 1.54) is 6.21 Å². The maximum atomic E-state index is 12.1. The molecular weight excluding hydrogens is 270 g/mol. The third-order valence-electron chi connectivity index (χ3n) is 3.02. The van der Waals surface area contributed by atoms with E-state index in [1.807, 2.05) is 31.2 Å². The fourth-order valence-electron chi connectivity index (χ4n) is 1.79. The molecule has 104 valence electrons. The number of benzene rings is 2. The zero-order chi connectivity index (χ0) is 14.6. The van der Waals surface area contributed by atoms with Crippen LogP contribution in [-0.2, 0) is 16.4 Å².